The summed E-state index contributed by atoms with van der Waals surface area (Å²) in [4.78, 5) is 7.95. The molecule has 0 saturated heterocycles. The van der Waals surface area contributed by atoms with Crippen molar-refractivity contribution in [3.63, 3.8) is 0 Å². The Hall–Kier alpha value is -0.650. The number of hydrogen-bond donors (Lipinski definition) is 1. The molecule has 0 saturated carbocycles. The summed E-state index contributed by atoms with van der Waals surface area (Å²) in [6.07, 6.45) is 0. The fourth-order valence-corrected chi connectivity index (χ4v) is 2.65. The molecule has 1 rings (SSSR count). The Bertz CT molecular complexity index is 325. The van der Waals surface area contributed by atoms with Crippen LogP contribution in [0.25, 0.3) is 0 Å². The van der Waals surface area contributed by atoms with E-state index >= 15 is 0 Å². The Balaban J connectivity index is 2.81. The summed E-state index contributed by atoms with van der Waals surface area (Å²) in [7, 11) is 1.72. The first-order chi connectivity index (χ1) is 7.60. The third-order valence-electron chi connectivity index (χ3n) is 2.45. The first-order valence-electron chi connectivity index (χ1n) is 5.56. The third-order valence-corrected chi connectivity index (χ3v) is 3.87. The van der Waals surface area contributed by atoms with Crippen LogP contribution in [0.1, 0.15) is 30.5 Å². The van der Waals surface area contributed by atoms with Gasteiger partial charge in [-0.2, -0.15) is 0 Å². The lowest BCUT2D eigenvalue weighted by molar-refractivity contribution is 0.205. The highest BCUT2D eigenvalue weighted by atomic mass is 32.1. The van der Waals surface area contributed by atoms with Gasteiger partial charge in [0.2, 0.25) is 0 Å². The molecule has 0 radical (unpaired) electrons. The molecule has 0 aromatic carbocycles. The molecule has 5 heteroatoms. The molecule has 1 aromatic rings. The van der Waals surface area contributed by atoms with E-state index in [9.17, 15) is 0 Å². The van der Waals surface area contributed by atoms with E-state index in [2.05, 4.69) is 16.8 Å². The van der Waals surface area contributed by atoms with Gasteiger partial charge in [0.05, 0.1) is 12.3 Å². The van der Waals surface area contributed by atoms with Gasteiger partial charge < -0.3 is 15.4 Å². The largest absolute Gasteiger partial charge is 0.383 e. The van der Waals surface area contributed by atoms with E-state index in [4.69, 9.17) is 10.5 Å². The number of aryl methyl sites for hydroxylation is 1. The quantitative estimate of drug-likeness (QED) is 0.829. The maximum absolute atomic E-state index is 5.90. The first kappa shape index (κ1) is 13.4. The Morgan fingerprint density at radius 1 is 1.56 bits per heavy atom. The van der Waals surface area contributed by atoms with E-state index in [1.807, 2.05) is 13.8 Å². The van der Waals surface area contributed by atoms with Crippen LogP contribution >= 0.6 is 11.3 Å². The van der Waals surface area contributed by atoms with Gasteiger partial charge in [0, 0.05) is 31.1 Å². The summed E-state index contributed by atoms with van der Waals surface area (Å²) in [5.41, 5.74) is 6.94. The van der Waals surface area contributed by atoms with Crippen LogP contribution in [0.3, 0.4) is 0 Å². The molecule has 16 heavy (non-hydrogen) atoms. The minimum absolute atomic E-state index is 0.0624. The molecule has 0 aliphatic heterocycles. The average Bonchev–Trinajstić information content (AvgIpc) is 2.62. The number of methoxy groups -OCH3 is 1. The zero-order valence-electron chi connectivity index (χ0n) is 10.5. The van der Waals surface area contributed by atoms with Gasteiger partial charge in [0.15, 0.2) is 5.13 Å². The highest BCUT2D eigenvalue weighted by Gasteiger charge is 2.14. The molecular weight excluding hydrogens is 222 g/mol. The summed E-state index contributed by atoms with van der Waals surface area (Å²) in [6, 6.07) is 0.0624. The normalized spacial score (nSPS) is 12.8. The highest BCUT2D eigenvalue weighted by Crippen LogP contribution is 2.29. The first-order valence-corrected chi connectivity index (χ1v) is 6.38. The van der Waals surface area contributed by atoms with Crippen molar-refractivity contribution in [3.05, 3.63) is 10.6 Å². The average molecular weight is 243 g/mol. The van der Waals surface area contributed by atoms with Crippen LogP contribution < -0.4 is 10.6 Å². The van der Waals surface area contributed by atoms with Crippen LogP contribution in [0.4, 0.5) is 5.13 Å². The van der Waals surface area contributed by atoms with Crippen molar-refractivity contribution in [1.82, 2.24) is 4.98 Å². The van der Waals surface area contributed by atoms with Crippen molar-refractivity contribution in [2.45, 2.75) is 26.8 Å². The van der Waals surface area contributed by atoms with Gasteiger partial charge in [-0.25, -0.2) is 4.98 Å². The zero-order valence-corrected chi connectivity index (χ0v) is 11.3. The molecule has 2 N–H and O–H groups in total. The van der Waals surface area contributed by atoms with Gasteiger partial charge in [-0.3, -0.25) is 0 Å². The summed E-state index contributed by atoms with van der Waals surface area (Å²) in [5.74, 6) is 0. The number of aromatic nitrogens is 1. The van der Waals surface area contributed by atoms with Gasteiger partial charge in [0.25, 0.3) is 0 Å². The zero-order chi connectivity index (χ0) is 12.1. The molecule has 0 spiro atoms. The number of rotatable bonds is 6. The SMILES string of the molecule is CCN(CCOC)c1nc(C)c(C(C)N)s1. The number of anilines is 1. The third kappa shape index (κ3) is 3.17. The van der Waals surface area contributed by atoms with Crippen LogP contribution in [-0.2, 0) is 4.74 Å². The van der Waals surface area contributed by atoms with Gasteiger partial charge >= 0.3 is 0 Å². The number of thiazole rings is 1. The van der Waals surface area contributed by atoms with Crippen LogP contribution in [-0.4, -0.2) is 31.8 Å². The summed E-state index contributed by atoms with van der Waals surface area (Å²) in [6.45, 7) is 8.67. The second-order valence-corrected chi connectivity index (χ2v) is 4.82. The molecule has 1 unspecified atom stereocenters. The van der Waals surface area contributed by atoms with E-state index in [-0.39, 0.29) is 6.04 Å². The van der Waals surface area contributed by atoms with Gasteiger partial charge in [0.1, 0.15) is 0 Å². The molecule has 1 heterocycles. The molecule has 1 atom stereocenters. The van der Waals surface area contributed by atoms with Crippen LogP contribution in [0.5, 0.6) is 0 Å². The van der Waals surface area contributed by atoms with Crippen molar-refractivity contribution in [2.24, 2.45) is 5.73 Å². The number of nitrogens with zero attached hydrogens (tertiary/aromatic N) is 2. The van der Waals surface area contributed by atoms with E-state index < -0.39 is 0 Å². The number of hydrogen-bond acceptors (Lipinski definition) is 5. The summed E-state index contributed by atoms with van der Waals surface area (Å²) < 4.78 is 5.09. The monoisotopic (exact) mass is 243 g/mol. The Morgan fingerprint density at radius 3 is 2.69 bits per heavy atom. The van der Waals surface area contributed by atoms with Crippen molar-refractivity contribution in [1.29, 1.82) is 0 Å². The predicted octanol–water partition coefficient (Wildman–Crippen LogP) is 1.94. The standard InChI is InChI=1S/C11H21N3OS/c1-5-14(6-7-15-4)11-13-9(3)10(16-11)8(2)12/h8H,5-7,12H2,1-4H3. The smallest absolute Gasteiger partial charge is 0.185 e. The number of ether oxygens (including phenoxy) is 1. The summed E-state index contributed by atoms with van der Waals surface area (Å²) >= 11 is 1.68. The Morgan fingerprint density at radius 2 is 2.25 bits per heavy atom. The lowest BCUT2D eigenvalue weighted by Crippen LogP contribution is -2.26. The Labute approximate surface area is 101 Å². The van der Waals surface area contributed by atoms with Crippen molar-refractivity contribution < 1.29 is 4.74 Å². The second kappa shape index (κ2) is 6.18. The maximum Gasteiger partial charge on any atom is 0.185 e. The lowest BCUT2D eigenvalue weighted by atomic mass is 10.2. The molecule has 0 fully saturated rings. The summed E-state index contributed by atoms with van der Waals surface area (Å²) in [5, 5.41) is 1.05. The molecule has 4 nitrogen and oxygen atoms in total. The minimum atomic E-state index is 0.0624. The van der Waals surface area contributed by atoms with Gasteiger partial charge in [-0.1, -0.05) is 0 Å². The fraction of sp³-hybridized carbons (Fsp3) is 0.727. The van der Waals surface area contributed by atoms with Crippen molar-refractivity contribution in [2.75, 3.05) is 31.7 Å². The molecule has 1 aromatic heterocycles. The van der Waals surface area contributed by atoms with E-state index in [1.165, 1.54) is 4.88 Å². The van der Waals surface area contributed by atoms with Crippen LogP contribution in [0.2, 0.25) is 0 Å². The fourth-order valence-electron chi connectivity index (χ4n) is 1.54. The predicted molar refractivity (Wildman–Crippen MR) is 69.2 cm³/mol. The molecular formula is C11H21N3OS. The van der Waals surface area contributed by atoms with E-state index in [1.54, 1.807) is 18.4 Å². The van der Waals surface area contributed by atoms with Crippen molar-refractivity contribution in [3.8, 4) is 0 Å². The van der Waals surface area contributed by atoms with Crippen LogP contribution in [0, 0.1) is 6.92 Å². The topological polar surface area (TPSA) is 51.4 Å². The van der Waals surface area contributed by atoms with E-state index in [0.29, 0.717) is 0 Å². The molecule has 0 aliphatic rings. The van der Waals surface area contributed by atoms with Crippen LogP contribution in [0.15, 0.2) is 0 Å². The maximum atomic E-state index is 5.90. The van der Waals surface area contributed by atoms with Crippen molar-refractivity contribution >= 4 is 16.5 Å². The molecule has 0 aliphatic carbocycles. The highest BCUT2D eigenvalue weighted by molar-refractivity contribution is 7.15. The van der Waals surface area contributed by atoms with E-state index in [0.717, 1.165) is 30.5 Å². The molecule has 0 amide bonds. The minimum Gasteiger partial charge on any atom is -0.383 e. The second-order valence-electron chi connectivity index (χ2n) is 3.81. The van der Waals surface area contributed by atoms with Gasteiger partial charge in [-0.15, -0.1) is 11.3 Å². The van der Waals surface area contributed by atoms with Gasteiger partial charge in [-0.05, 0) is 20.8 Å². The molecule has 92 valence electrons. The lowest BCUT2D eigenvalue weighted by Gasteiger charge is -2.18. The number of nitrogens with two attached hydrogens (primary N) is 1. The Kier molecular flexibility index (Phi) is 5.18. The number of likely N-dealkylation sites (N-methyl/N-ethyl adjacent to an activating group) is 1. The molecule has 0 bridgehead atoms.